The van der Waals surface area contributed by atoms with Crippen LogP contribution in [0.5, 0.6) is 0 Å². The quantitative estimate of drug-likeness (QED) is 0.363. The van der Waals surface area contributed by atoms with Crippen LogP contribution in [0, 0.1) is 13.8 Å². The van der Waals surface area contributed by atoms with Crippen LogP contribution in [-0.4, -0.2) is 25.4 Å². The number of nitrogens with zero attached hydrogens (tertiary/aromatic N) is 5. The van der Waals surface area contributed by atoms with Crippen molar-refractivity contribution < 1.29 is 0 Å². The first-order valence-corrected chi connectivity index (χ1v) is 11.1. The smallest absolute Gasteiger partial charge is 0.282 e. The average Bonchev–Trinajstić information content (AvgIpc) is 3.06. The number of pyridine rings is 1. The van der Waals surface area contributed by atoms with Gasteiger partial charge in [0.05, 0.1) is 17.1 Å². The Labute approximate surface area is 189 Å². The van der Waals surface area contributed by atoms with Crippen molar-refractivity contribution in [2.24, 2.45) is 5.10 Å². The van der Waals surface area contributed by atoms with Gasteiger partial charge in [0.15, 0.2) is 0 Å². The summed E-state index contributed by atoms with van der Waals surface area (Å²) in [5, 5.41) is 5.14. The molecule has 0 aliphatic rings. The zero-order chi connectivity index (χ0) is 22.1. The van der Waals surface area contributed by atoms with Gasteiger partial charge in [-0.05, 0) is 56.7 Å². The van der Waals surface area contributed by atoms with Crippen molar-refractivity contribution in [3.05, 3.63) is 86.3 Å². The molecule has 0 N–H and O–H groups in total. The lowest BCUT2D eigenvalue weighted by molar-refractivity contribution is 0.613. The number of aromatic nitrogens is 4. The maximum atomic E-state index is 13.3. The third-order valence-electron chi connectivity index (χ3n) is 5.55. The van der Waals surface area contributed by atoms with E-state index in [1.165, 1.54) is 4.68 Å². The van der Waals surface area contributed by atoms with Crippen molar-refractivity contribution in [2.75, 3.05) is 0 Å². The summed E-state index contributed by atoms with van der Waals surface area (Å²) < 4.78 is 4.36. The third kappa shape index (κ3) is 3.97. The SMILES string of the molecule is CC[C@H](C)c1nc2ccc(Br)cc2c(=O)n1N=Cc1cc(C)n(-c2ccccn2)c1C. The summed E-state index contributed by atoms with van der Waals surface area (Å²) in [6.07, 6.45) is 4.37. The minimum Gasteiger partial charge on any atom is -0.303 e. The first kappa shape index (κ1) is 21.2. The van der Waals surface area contributed by atoms with E-state index in [9.17, 15) is 4.79 Å². The van der Waals surface area contributed by atoms with E-state index in [2.05, 4.69) is 44.4 Å². The molecule has 158 valence electrons. The molecule has 0 saturated heterocycles. The highest BCUT2D eigenvalue weighted by atomic mass is 79.9. The Bertz CT molecular complexity index is 1340. The number of hydrogen-bond acceptors (Lipinski definition) is 4. The Morgan fingerprint density at radius 1 is 1.19 bits per heavy atom. The molecule has 0 radical (unpaired) electrons. The lowest BCUT2D eigenvalue weighted by atomic mass is 10.1. The average molecular weight is 478 g/mol. The monoisotopic (exact) mass is 477 g/mol. The van der Waals surface area contributed by atoms with Gasteiger partial charge in [-0.1, -0.05) is 35.8 Å². The highest BCUT2D eigenvalue weighted by molar-refractivity contribution is 9.10. The lowest BCUT2D eigenvalue weighted by Gasteiger charge is -2.14. The molecule has 3 aromatic heterocycles. The number of halogens is 1. The number of rotatable bonds is 5. The van der Waals surface area contributed by atoms with Crippen LogP contribution in [0.1, 0.15) is 49.0 Å². The minimum absolute atomic E-state index is 0.0962. The van der Waals surface area contributed by atoms with Crippen molar-refractivity contribution in [3.63, 3.8) is 0 Å². The van der Waals surface area contributed by atoms with Gasteiger partial charge < -0.3 is 4.57 Å². The van der Waals surface area contributed by atoms with Crippen molar-refractivity contribution in [2.45, 2.75) is 40.0 Å². The number of benzene rings is 1. The number of hydrogen-bond donors (Lipinski definition) is 0. The fourth-order valence-electron chi connectivity index (χ4n) is 3.66. The van der Waals surface area contributed by atoms with E-state index in [-0.39, 0.29) is 11.5 Å². The summed E-state index contributed by atoms with van der Waals surface area (Å²) in [6.45, 7) is 8.20. The van der Waals surface area contributed by atoms with E-state index in [4.69, 9.17) is 4.98 Å². The van der Waals surface area contributed by atoms with Crippen LogP contribution in [0.3, 0.4) is 0 Å². The Hall–Kier alpha value is -3.06. The van der Waals surface area contributed by atoms with Gasteiger partial charge in [0.2, 0.25) is 0 Å². The normalized spacial score (nSPS) is 12.7. The van der Waals surface area contributed by atoms with Crippen LogP contribution in [0.15, 0.2) is 63.0 Å². The lowest BCUT2D eigenvalue weighted by Crippen LogP contribution is -2.23. The minimum atomic E-state index is -0.170. The second-order valence-electron chi connectivity index (χ2n) is 7.65. The molecule has 0 spiro atoms. The summed E-state index contributed by atoms with van der Waals surface area (Å²) in [7, 11) is 0. The van der Waals surface area contributed by atoms with Crippen LogP contribution in [-0.2, 0) is 0 Å². The summed E-state index contributed by atoms with van der Waals surface area (Å²) in [5.41, 5.74) is 3.50. The van der Waals surface area contributed by atoms with Crippen molar-refractivity contribution in [1.82, 2.24) is 19.2 Å². The van der Waals surface area contributed by atoms with Crippen LogP contribution < -0.4 is 5.56 Å². The van der Waals surface area contributed by atoms with Gasteiger partial charge in [-0.2, -0.15) is 9.78 Å². The van der Waals surface area contributed by atoms with Crippen LogP contribution in [0.2, 0.25) is 0 Å². The number of fused-ring (bicyclic) bond motifs is 1. The summed E-state index contributed by atoms with van der Waals surface area (Å²) in [4.78, 5) is 22.5. The standard InChI is InChI=1S/C24H24BrN5O/c1-5-15(2)23-28-21-10-9-19(25)13-20(21)24(31)30(23)27-14-18-12-16(3)29(17(18)4)22-8-6-7-11-26-22/h6-15H,5H2,1-4H3/t15-/m0/s1. The van der Waals surface area contributed by atoms with Crippen LogP contribution in [0.4, 0.5) is 0 Å². The van der Waals surface area contributed by atoms with Gasteiger partial charge in [0.1, 0.15) is 11.6 Å². The van der Waals surface area contributed by atoms with Crippen LogP contribution in [0.25, 0.3) is 16.7 Å². The van der Waals surface area contributed by atoms with E-state index in [1.54, 1.807) is 18.5 Å². The molecule has 0 amide bonds. The second kappa shape index (κ2) is 8.59. The van der Waals surface area contributed by atoms with Crippen molar-refractivity contribution >= 4 is 33.0 Å². The Morgan fingerprint density at radius 3 is 2.71 bits per heavy atom. The summed E-state index contributed by atoms with van der Waals surface area (Å²) >= 11 is 3.45. The molecule has 0 fully saturated rings. The molecule has 1 aromatic carbocycles. The molecular weight excluding hydrogens is 454 g/mol. The first-order chi connectivity index (χ1) is 14.9. The van der Waals surface area contributed by atoms with Crippen molar-refractivity contribution in [1.29, 1.82) is 0 Å². The number of aryl methyl sites for hydroxylation is 1. The molecular formula is C24H24BrN5O. The topological polar surface area (TPSA) is 65.1 Å². The molecule has 0 aliphatic carbocycles. The molecule has 0 unspecified atom stereocenters. The molecule has 4 rings (SSSR count). The Morgan fingerprint density at radius 2 is 2.00 bits per heavy atom. The van der Waals surface area contributed by atoms with Gasteiger partial charge in [0.25, 0.3) is 5.56 Å². The van der Waals surface area contributed by atoms with Crippen LogP contribution >= 0.6 is 15.9 Å². The molecule has 0 aliphatic heterocycles. The highest BCUT2D eigenvalue weighted by Gasteiger charge is 2.16. The molecule has 0 bridgehead atoms. The fourth-order valence-corrected chi connectivity index (χ4v) is 4.02. The molecule has 7 heteroatoms. The van der Waals surface area contributed by atoms with Gasteiger partial charge in [-0.3, -0.25) is 4.79 Å². The molecule has 31 heavy (non-hydrogen) atoms. The Kier molecular flexibility index (Phi) is 5.87. The van der Waals surface area contributed by atoms with Gasteiger partial charge in [-0.15, -0.1) is 0 Å². The predicted molar refractivity (Wildman–Crippen MR) is 128 cm³/mol. The molecule has 6 nitrogen and oxygen atoms in total. The maximum Gasteiger partial charge on any atom is 0.282 e. The molecule has 0 saturated carbocycles. The first-order valence-electron chi connectivity index (χ1n) is 10.3. The van der Waals surface area contributed by atoms with Crippen molar-refractivity contribution in [3.8, 4) is 5.82 Å². The van der Waals surface area contributed by atoms with E-state index in [1.807, 2.05) is 50.2 Å². The maximum absolute atomic E-state index is 13.3. The third-order valence-corrected chi connectivity index (χ3v) is 6.04. The molecule has 1 atom stereocenters. The van der Waals surface area contributed by atoms with E-state index < -0.39 is 0 Å². The van der Waals surface area contributed by atoms with Gasteiger partial charge in [0, 0.05) is 33.5 Å². The van der Waals surface area contributed by atoms with E-state index in [0.29, 0.717) is 16.7 Å². The summed E-state index contributed by atoms with van der Waals surface area (Å²) in [6, 6.07) is 13.4. The largest absolute Gasteiger partial charge is 0.303 e. The predicted octanol–water partition coefficient (Wildman–Crippen LogP) is 5.36. The zero-order valence-corrected chi connectivity index (χ0v) is 19.6. The van der Waals surface area contributed by atoms with E-state index in [0.717, 1.165) is 33.7 Å². The van der Waals surface area contributed by atoms with Gasteiger partial charge >= 0.3 is 0 Å². The van der Waals surface area contributed by atoms with E-state index >= 15 is 0 Å². The Balaban J connectivity index is 1.85. The second-order valence-corrected chi connectivity index (χ2v) is 8.57. The molecule has 4 aromatic rings. The summed E-state index contributed by atoms with van der Waals surface area (Å²) in [5.74, 6) is 1.61. The molecule has 3 heterocycles. The fraction of sp³-hybridized carbons (Fsp3) is 0.250. The van der Waals surface area contributed by atoms with Gasteiger partial charge in [-0.25, -0.2) is 9.97 Å². The zero-order valence-electron chi connectivity index (χ0n) is 18.0. The highest BCUT2D eigenvalue weighted by Crippen LogP contribution is 2.22.